The second-order valence-electron chi connectivity index (χ2n) is 8.24. The van der Waals surface area contributed by atoms with Crippen molar-refractivity contribution in [3.05, 3.63) is 35.9 Å². The molecular weight excluding hydrogens is 384 g/mol. The topological polar surface area (TPSA) is 91.0 Å². The van der Waals surface area contributed by atoms with Gasteiger partial charge in [-0.15, -0.1) is 0 Å². The molecule has 0 spiro atoms. The van der Waals surface area contributed by atoms with Crippen LogP contribution in [-0.2, 0) is 25.7 Å². The first kappa shape index (κ1) is 20.8. The highest BCUT2D eigenvalue weighted by molar-refractivity contribution is 5.85. The maximum atomic E-state index is 13.3. The predicted molar refractivity (Wildman–Crippen MR) is 110 cm³/mol. The third-order valence-corrected chi connectivity index (χ3v) is 6.43. The molecule has 2 N–H and O–H groups in total. The van der Waals surface area contributed by atoms with E-state index in [0.717, 1.165) is 31.4 Å². The van der Waals surface area contributed by atoms with Crippen LogP contribution in [0.2, 0.25) is 0 Å². The van der Waals surface area contributed by atoms with Crippen LogP contribution in [0.4, 0.5) is 0 Å². The number of fused-ring (bicyclic) bond motifs is 3. The van der Waals surface area contributed by atoms with E-state index in [1.54, 1.807) is 6.92 Å². The van der Waals surface area contributed by atoms with E-state index >= 15 is 0 Å². The first-order chi connectivity index (χ1) is 14.6. The Bertz CT molecular complexity index is 787. The molecule has 0 radical (unpaired) electrons. The maximum Gasteiger partial charge on any atom is 0.325 e. The molecule has 1 saturated carbocycles. The lowest BCUT2D eigenvalue weighted by Crippen LogP contribution is -2.68. The fourth-order valence-electron chi connectivity index (χ4n) is 5.04. The zero-order chi connectivity index (χ0) is 21.1. The summed E-state index contributed by atoms with van der Waals surface area (Å²) >= 11 is 0. The number of amides is 2. The molecule has 1 aromatic carbocycles. The number of hydrogen-bond donors (Lipinski definition) is 2. The molecule has 1 aliphatic carbocycles. The van der Waals surface area contributed by atoms with Crippen molar-refractivity contribution in [3.63, 3.8) is 0 Å². The van der Waals surface area contributed by atoms with E-state index in [-0.39, 0.29) is 42.4 Å². The molecule has 1 aromatic rings. The summed E-state index contributed by atoms with van der Waals surface area (Å²) in [7, 11) is 0. The lowest BCUT2D eigenvalue weighted by Gasteiger charge is -2.51. The first-order valence-corrected chi connectivity index (χ1v) is 10.9. The van der Waals surface area contributed by atoms with Crippen LogP contribution in [-0.4, -0.2) is 65.5 Å². The number of benzene rings is 1. The minimum absolute atomic E-state index is 0.0355. The van der Waals surface area contributed by atoms with Gasteiger partial charge in [0.25, 0.3) is 0 Å². The van der Waals surface area contributed by atoms with Crippen molar-refractivity contribution in [1.29, 1.82) is 0 Å². The van der Waals surface area contributed by atoms with E-state index < -0.39 is 5.97 Å². The minimum atomic E-state index is -0.429. The summed E-state index contributed by atoms with van der Waals surface area (Å²) in [5.74, 6) is -0.643. The highest BCUT2D eigenvalue weighted by Gasteiger charge is 2.51. The molecule has 2 aliphatic heterocycles. The molecule has 4 unspecified atom stereocenters. The zero-order valence-electron chi connectivity index (χ0n) is 17.4. The Kier molecular flexibility index (Phi) is 6.34. The summed E-state index contributed by atoms with van der Waals surface area (Å²) in [6.07, 6.45) is 3.00. The van der Waals surface area contributed by atoms with Gasteiger partial charge in [-0.05, 0) is 38.2 Å². The predicted octanol–water partition coefficient (Wildman–Crippen LogP) is 0.824. The molecule has 0 bridgehead atoms. The average molecular weight is 415 g/mol. The van der Waals surface area contributed by atoms with Gasteiger partial charge in [-0.2, -0.15) is 0 Å². The molecule has 2 heterocycles. The Hall–Kier alpha value is -2.45. The lowest BCUT2D eigenvalue weighted by molar-refractivity contribution is -0.157. The minimum Gasteiger partial charge on any atom is -0.465 e. The highest BCUT2D eigenvalue weighted by atomic mass is 16.5. The van der Waals surface area contributed by atoms with Crippen molar-refractivity contribution in [1.82, 2.24) is 20.7 Å². The van der Waals surface area contributed by atoms with Crippen molar-refractivity contribution in [2.75, 3.05) is 19.7 Å². The van der Waals surface area contributed by atoms with Crippen molar-refractivity contribution in [2.45, 2.75) is 57.3 Å². The standard InChI is InChI=1S/C22H30N4O4/c1-2-30-20(27)13-23-21(28)16-8-9-17-19(12-16)25(14-15-6-4-3-5-7-15)22(29)18-10-11-24-26(17)18/h3-7,16-19,24H,2,8-14H2,1H3,(H,23,28). The van der Waals surface area contributed by atoms with Crippen LogP contribution in [0.1, 0.15) is 38.2 Å². The summed E-state index contributed by atoms with van der Waals surface area (Å²) in [6.45, 7) is 3.29. The largest absolute Gasteiger partial charge is 0.465 e. The summed E-state index contributed by atoms with van der Waals surface area (Å²) in [5, 5.41) is 4.85. The van der Waals surface area contributed by atoms with Gasteiger partial charge in [-0.1, -0.05) is 30.3 Å². The van der Waals surface area contributed by atoms with E-state index in [1.165, 1.54) is 0 Å². The van der Waals surface area contributed by atoms with E-state index in [2.05, 4.69) is 15.8 Å². The third kappa shape index (κ3) is 4.20. The third-order valence-electron chi connectivity index (χ3n) is 6.43. The Labute approximate surface area is 176 Å². The summed E-state index contributed by atoms with van der Waals surface area (Å²) in [5.41, 5.74) is 4.49. The molecule has 2 amide bonds. The van der Waals surface area contributed by atoms with Gasteiger partial charge in [0.05, 0.1) is 6.61 Å². The normalized spacial score (nSPS) is 28.6. The Morgan fingerprint density at radius 1 is 1.17 bits per heavy atom. The molecule has 3 aliphatic rings. The van der Waals surface area contributed by atoms with Crippen LogP contribution in [0, 0.1) is 5.92 Å². The van der Waals surface area contributed by atoms with Gasteiger partial charge in [0.15, 0.2) is 0 Å². The van der Waals surface area contributed by atoms with Crippen LogP contribution in [0.3, 0.4) is 0 Å². The van der Waals surface area contributed by atoms with Gasteiger partial charge in [0.1, 0.15) is 12.6 Å². The van der Waals surface area contributed by atoms with Gasteiger partial charge >= 0.3 is 5.97 Å². The van der Waals surface area contributed by atoms with Gasteiger partial charge in [-0.3, -0.25) is 19.8 Å². The van der Waals surface area contributed by atoms with Crippen molar-refractivity contribution in [3.8, 4) is 0 Å². The molecule has 4 atom stereocenters. The fraction of sp³-hybridized carbons (Fsp3) is 0.591. The van der Waals surface area contributed by atoms with Crippen LogP contribution in [0.15, 0.2) is 30.3 Å². The number of hydrogen-bond acceptors (Lipinski definition) is 6. The monoisotopic (exact) mass is 414 g/mol. The van der Waals surface area contributed by atoms with E-state index in [0.29, 0.717) is 19.6 Å². The van der Waals surface area contributed by atoms with E-state index in [1.807, 2.05) is 35.2 Å². The van der Waals surface area contributed by atoms with Crippen LogP contribution < -0.4 is 10.7 Å². The molecule has 2 saturated heterocycles. The number of carbonyl (C=O) groups is 3. The molecule has 3 fully saturated rings. The summed E-state index contributed by atoms with van der Waals surface area (Å²) in [6, 6.07) is 10.1. The van der Waals surface area contributed by atoms with Gasteiger partial charge in [0.2, 0.25) is 11.8 Å². The molecule has 8 nitrogen and oxygen atoms in total. The number of nitrogens with zero attached hydrogens (tertiary/aromatic N) is 2. The molecule has 8 heteroatoms. The van der Waals surface area contributed by atoms with Gasteiger partial charge < -0.3 is 15.0 Å². The summed E-state index contributed by atoms with van der Waals surface area (Å²) < 4.78 is 4.89. The smallest absolute Gasteiger partial charge is 0.325 e. The van der Waals surface area contributed by atoms with E-state index in [4.69, 9.17) is 4.74 Å². The van der Waals surface area contributed by atoms with Crippen LogP contribution in [0.25, 0.3) is 0 Å². The first-order valence-electron chi connectivity index (χ1n) is 10.9. The number of rotatable bonds is 6. The number of carbonyl (C=O) groups excluding carboxylic acids is 3. The molecule has 162 valence electrons. The number of hydrazine groups is 1. The van der Waals surface area contributed by atoms with Crippen LogP contribution >= 0.6 is 0 Å². The zero-order valence-corrected chi connectivity index (χ0v) is 17.4. The molecule has 0 aromatic heterocycles. The highest BCUT2D eigenvalue weighted by Crippen LogP contribution is 2.38. The van der Waals surface area contributed by atoms with Crippen molar-refractivity contribution >= 4 is 17.8 Å². The Morgan fingerprint density at radius 3 is 2.73 bits per heavy atom. The van der Waals surface area contributed by atoms with Crippen molar-refractivity contribution < 1.29 is 19.1 Å². The Balaban J connectivity index is 1.48. The number of ether oxygens (including phenoxy) is 1. The summed E-state index contributed by atoms with van der Waals surface area (Å²) in [4.78, 5) is 39.6. The quantitative estimate of drug-likeness (QED) is 0.670. The molecular formula is C22H30N4O4. The molecule has 30 heavy (non-hydrogen) atoms. The lowest BCUT2D eigenvalue weighted by atomic mass is 9.78. The number of piperazine rings is 1. The number of nitrogens with one attached hydrogen (secondary N) is 2. The van der Waals surface area contributed by atoms with Gasteiger partial charge in [-0.25, -0.2) is 5.01 Å². The Morgan fingerprint density at radius 2 is 1.97 bits per heavy atom. The maximum absolute atomic E-state index is 13.3. The second kappa shape index (κ2) is 9.14. The van der Waals surface area contributed by atoms with E-state index in [9.17, 15) is 14.4 Å². The SMILES string of the molecule is CCOC(=O)CNC(=O)C1CCC2C(C1)N(Cc1ccccc1)C(=O)C1CCNN12. The van der Waals surface area contributed by atoms with Crippen LogP contribution in [0.5, 0.6) is 0 Å². The number of esters is 1. The second-order valence-corrected chi connectivity index (χ2v) is 8.24. The fourth-order valence-corrected chi connectivity index (χ4v) is 5.04. The average Bonchev–Trinajstić information content (AvgIpc) is 3.26. The van der Waals surface area contributed by atoms with Crippen molar-refractivity contribution in [2.24, 2.45) is 5.92 Å². The molecule has 4 rings (SSSR count). The van der Waals surface area contributed by atoms with Gasteiger partial charge in [0, 0.05) is 31.1 Å².